The van der Waals surface area contributed by atoms with Crippen LogP contribution < -0.4 is 10.6 Å². The lowest BCUT2D eigenvalue weighted by Gasteiger charge is -2.25. The number of nitrogens with two attached hydrogens (primary N) is 1. The summed E-state index contributed by atoms with van der Waals surface area (Å²) in [7, 11) is 0. The summed E-state index contributed by atoms with van der Waals surface area (Å²) >= 11 is 0. The van der Waals surface area contributed by atoms with Crippen LogP contribution >= 0.6 is 0 Å². The second kappa shape index (κ2) is 4.73. The molecule has 1 aliphatic heterocycles. The fourth-order valence-electron chi connectivity index (χ4n) is 2.52. The van der Waals surface area contributed by atoms with E-state index in [4.69, 9.17) is 11.1 Å². The molecule has 1 aliphatic rings. The molecule has 0 spiro atoms. The number of nitrogens with one attached hydrogen (secondary N) is 1. The first-order valence-corrected chi connectivity index (χ1v) is 6.21. The van der Waals surface area contributed by atoms with Gasteiger partial charge in [-0.25, -0.2) is 4.98 Å². The predicted molar refractivity (Wildman–Crippen MR) is 70.6 cm³/mol. The third-order valence-corrected chi connectivity index (χ3v) is 3.39. The quantitative estimate of drug-likeness (QED) is 0.619. The normalized spacial score (nSPS) is 19.6. The zero-order valence-corrected chi connectivity index (χ0v) is 10.5. The molecule has 0 aliphatic carbocycles. The van der Waals surface area contributed by atoms with E-state index in [1.165, 1.54) is 12.8 Å². The number of nitrogen functional groups attached to an aromatic ring is 1. The fourth-order valence-corrected chi connectivity index (χ4v) is 2.52. The van der Waals surface area contributed by atoms with Gasteiger partial charge >= 0.3 is 0 Å². The maximum atomic E-state index is 7.53. The number of anilines is 1. The van der Waals surface area contributed by atoms with Gasteiger partial charge in [0.15, 0.2) is 0 Å². The molecule has 0 aromatic carbocycles. The highest BCUT2D eigenvalue weighted by Gasteiger charge is 2.24. The zero-order chi connectivity index (χ0) is 12.4. The van der Waals surface area contributed by atoms with Crippen molar-refractivity contribution >= 4 is 11.7 Å². The summed E-state index contributed by atoms with van der Waals surface area (Å²) in [5.41, 5.74) is 7.25. The monoisotopic (exact) mass is 232 g/mol. The highest BCUT2D eigenvalue weighted by molar-refractivity contribution is 5.95. The molecule has 1 fully saturated rings. The Morgan fingerprint density at radius 2 is 2.35 bits per heavy atom. The lowest BCUT2D eigenvalue weighted by molar-refractivity contribution is 0.640. The van der Waals surface area contributed by atoms with Crippen molar-refractivity contribution in [1.82, 2.24) is 4.98 Å². The highest BCUT2D eigenvalue weighted by atomic mass is 15.2. The summed E-state index contributed by atoms with van der Waals surface area (Å²) in [6, 6.07) is 4.38. The molecule has 0 bridgehead atoms. The summed E-state index contributed by atoms with van der Waals surface area (Å²) in [6.07, 6.45) is 3.61. The molecule has 1 unspecified atom stereocenters. The largest absolute Gasteiger partial charge is 0.384 e. The second-order valence-electron chi connectivity index (χ2n) is 4.67. The van der Waals surface area contributed by atoms with Gasteiger partial charge in [0.05, 0.1) is 0 Å². The first-order valence-electron chi connectivity index (χ1n) is 6.21. The van der Waals surface area contributed by atoms with Crippen molar-refractivity contribution in [3.05, 3.63) is 23.4 Å². The van der Waals surface area contributed by atoms with Crippen molar-refractivity contribution in [3.8, 4) is 0 Å². The predicted octanol–water partition coefficient (Wildman–Crippen LogP) is 2.05. The van der Waals surface area contributed by atoms with Crippen LogP contribution in [0.4, 0.5) is 5.82 Å². The van der Waals surface area contributed by atoms with Crippen LogP contribution in [-0.2, 0) is 0 Å². The topological polar surface area (TPSA) is 66.0 Å². The lowest BCUT2D eigenvalue weighted by atomic mass is 10.1. The van der Waals surface area contributed by atoms with Crippen LogP contribution in [0.2, 0.25) is 0 Å². The van der Waals surface area contributed by atoms with Crippen molar-refractivity contribution in [1.29, 1.82) is 5.41 Å². The van der Waals surface area contributed by atoms with Gasteiger partial charge in [-0.05, 0) is 38.3 Å². The first kappa shape index (κ1) is 11.9. The molecule has 1 atom stereocenters. The molecule has 0 amide bonds. The molecule has 4 nitrogen and oxygen atoms in total. The molecule has 3 N–H and O–H groups in total. The van der Waals surface area contributed by atoms with E-state index in [1.54, 1.807) is 0 Å². The Morgan fingerprint density at radius 3 is 3.00 bits per heavy atom. The van der Waals surface area contributed by atoms with E-state index in [0.29, 0.717) is 6.04 Å². The minimum absolute atomic E-state index is 0.115. The first-order chi connectivity index (χ1) is 8.11. The SMILES string of the molecule is CCC1CCCN1c1cc(C(=N)N)cc(C)n1. The second-order valence-corrected chi connectivity index (χ2v) is 4.67. The minimum Gasteiger partial charge on any atom is -0.384 e. The number of hydrogen-bond acceptors (Lipinski definition) is 3. The van der Waals surface area contributed by atoms with E-state index < -0.39 is 0 Å². The number of nitrogens with zero attached hydrogens (tertiary/aromatic N) is 2. The van der Waals surface area contributed by atoms with Gasteiger partial charge in [-0.15, -0.1) is 0 Å². The molecular formula is C13H20N4. The Balaban J connectivity index is 2.34. The van der Waals surface area contributed by atoms with Crippen molar-refractivity contribution in [3.63, 3.8) is 0 Å². The third-order valence-electron chi connectivity index (χ3n) is 3.39. The zero-order valence-electron chi connectivity index (χ0n) is 10.5. The Bertz CT molecular complexity index is 427. The number of amidine groups is 1. The van der Waals surface area contributed by atoms with E-state index in [1.807, 2.05) is 19.1 Å². The number of hydrogen-bond donors (Lipinski definition) is 2. The van der Waals surface area contributed by atoms with Crippen molar-refractivity contribution in [2.75, 3.05) is 11.4 Å². The van der Waals surface area contributed by atoms with Crippen molar-refractivity contribution < 1.29 is 0 Å². The number of pyridine rings is 1. The highest BCUT2D eigenvalue weighted by Crippen LogP contribution is 2.26. The maximum Gasteiger partial charge on any atom is 0.129 e. The average Bonchev–Trinajstić information content (AvgIpc) is 2.76. The lowest BCUT2D eigenvalue weighted by Crippen LogP contribution is -2.29. The molecule has 2 heterocycles. The molecule has 2 rings (SSSR count). The van der Waals surface area contributed by atoms with Crippen LogP contribution in [0, 0.1) is 12.3 Å². The molecule has 1 saturated heterocycles. The van der Waals surface area contributed by atoms with Gasteiger partial charge in [0.25, 0.3) is 0 Å². The van der Waals surface area contributed by atoms with Gasteiger partial charge in [0.2, 0.25) is 0 Å². The minimum atomic E-state index is 0.115. The van der Waals surface area contributed by atoms with Gasteiger partial charge in [-0.3, -0.25) is 5.41 Å². The van der Waals surface area contributed by atoms with Gasteiger partial charge in [-0.1, -0.05) is 6.92 Å². The summed E-state index contributed by atoms with van der Waals surface area (Å²) in [5, 5.41) is 7.53. The van der Waals surface area contributed by atoms with Crippen molar-refractivity contribution in [2.45, 2.75) is 39.2 Å². The molecular weight excluding hydrogens is 212 g/mol. The van der Waals surface area contributed by atoms with Crippen LogP contribution in [0.1, 0.15) is 37.4 Å². The van der Waals surface area contributed by atoms with Gasteiger partial charge in [-0.2, -0.15) is 0 Å². The summed E-state index contributed by atoms with van der Waals surface area (Å²) < 4.78 is 0. The number of aryl methyl sites for hydroxylation is 1. The molecule has 17 heavy (non-hydrogen) atoms. The molecule has 0 saturated carbocycles. The van der Waals surface area contributed by atoms with E-state index in [-0.39, 0.29) is 5.84 Å². The van der Waals surface area contributed by atoms with E-state index in [2.05, 4.69) is 16.8 Å². The molecule has 4 heteroatoms. The van der Waals surface area contributed by atoms with Crippen LogP contribution in [0.3, 0.4) is 0 Å². The Labute approximate surface area is 102 Å². The van der Waals surface area contributed by atoms with Crippen LogP contribution in [-0.4, -0.2) is 23.4 Å². The Morgan fingerprint density at radius 1 is 1.59 bits per heavy atom. The summed E-state index contributed by atoms with van der Waals surface area (Å²) in [5.74, 6) is 1.09. The van der Waals surface area contributed by atoms with Crippen LogP contribution in [0.5, 0.6) is 0 Å². The molecule has 92 valence electrons. The standard InChI is InChI=1S/C13H20N4/c1-3-11-5-4-6-17(11)12-8-10(13(14)15)7-9(2)16-12/h7-8,11H,3-6H2,1-2H3,(H3,14,15). The van der Waals surface area contributed by atoms with E-state index in [9.17, 15) is 0 Å². The Hall–Kier alpha value is -1.58. The van der Waals surface area contributed by atoms with Gasteiger partial charge in [0, 0.05) is 23.8 Å². The van der Waals surface area contributed by atoms with Crippen molar-refractivity contribution in [2.24, 2.45) is 5.73 Å². The average molecular weight is 232 g/mol. The molecule has 1 aromatic rings. The third kappa shape index (κ3) is 2.40. The molecule has 1 aromatic heterocycles. The van der Waals surface area contributed by atoms with Crippen LogP contribution in [0.15, 0.2) is 12.1 Å². The maximum absolute atomic E-state index is 7.53. The Kier molecular flexibility index (Phi) is 3.31. The van der Waals surface area contributed by atoms with Crippen LogP contribution in [0.25, 0.3) is 0 Å². The van der Waals surface area contributed by atoms with Gasteiger partial charge in [0.1, 0.15) is 11.7 Å². The smallest absolute Gasteiger partial charge is 0.129 e. The number of rotatable bonds is 3. The van der Waals surface area contributed by atoms with E-state index in [0.717, 1.165) is 30.0 Å². The fraction of sp³-hybridized carbons (Fsp3) is 0.538. The summed E-state index contributed by atoms with van der Waals surface area (Å²) in [6.45, 7) is 5.23. The molecule has 0 radical (unpaired) electrons. The van der Waals surface area contributed by atoms with Gasteiger partial charge < -0.3 is 10.6 Å². The van der Waals surface area contributed by atoms with E-state index >= 15 is 0 Å². The number of aromatic nitrogens is 1. The summed E-state index contributed by atoms with van der Waals surface area (Å²) in [4.78, 5) is 6.92.